The minimum atomic E-state index is -0.107. The first kappa shape index (κ1) is 18.1. The predicted octanol–water partition coefficient (Wildman–Crippen LogP) is 5.18. The number of nitrogens with one attached hydrogen (secondary N) is 1. The first-order chi connectivity index (χ1) is 13.2. The average molecular weight is 394 g/mol. The van der Waals surface area contributed by atoms with Crippen LogP contribution in [0.4, 0.5) is 5.69 Å². The summed E-state index contributed by atoms with van der Waals surface area (Å²) in [5.41, 5.74) is 4.48. The highest BCUT2D eigenvalue weighted by atomic mass is 32.2. The van der Waals surface area contributed by atoms with Crippen LogP contribution < -0.4 is 5.32 Å². The van der Waals surface area contributed by atoms with E-state index in [-0.39, 0.29) is 5.91 Å². The van der Waals surface area contributed by atoms with Gasteiger partial charge in [0.05, 0.1) is 10.3 Å². The lowest BCUT2D eigenvalue weighted by Crippen LogP contribution is -2.11. The van der Waals surface area contributed by atoms with Crippen LogP contribution in [0.2, 0.25) is 0 Å². The molecule has 1 saturated heterocycles. The molecule has 136 valence electrons. The van der Waals surface area contributed by atoms with Crippen molar-refractivity contribution in [3.05, 3.63) is 77.7 Å². The lowest BCUT2D eigenvalue weighted by molar-refractivity contribution is 0.102. The van der Waals surface area contributed by atoms with Crippen LogP contribution in [0.25, 0.3) is 11.3 Å². The Hall–Kier alpha value is -2.31. The van der Waals surface area contributed by atoms with Crippen molar-refractivity contribution in [2.75, 3.05) is 16.8 Å². The summed E-state index contributed by atoms with van der Waals surface area (Å²) in [4.78, 5) is 21.2. The van der Waals surface area contributed by atoms with E-state index in [0.29, 0.717) is 10.1 Å². The van der Waals surface area contributed by atoms with Crippen molar-refractivity contribution < 1.29 is 4.79 Å². The third-order valence-corrected chi connectivity index (χ3v) is 7.36. The minimum Gasteiger partial charge on any atom is -0.322 e. The summed E-state index contributed by atoms with van der Waals surface area (Å²) in [6, 6.07) is 17.5. The maximum absolute atomic E-state index is 12.6. The second-order valence-electron chi connectivity index (χ2n) is 6.22. The molecule has 4 nitrogen and oxygen atoms in total. The van der Waals surface area contributed by atoms with E-state index < -0.39 is 0 Å². The molecule has 4 rings (SSSR count). The van der Waals surface area contributed by atoms with Gasteiger partial charge in [0.2, 0.25) is 0 Å². The fourth-order valence-electron chi connectivity index (χ4n) is 2.92. The van der Waals surface area contributed by atoms with Crippen molar-refractivity contribution in [3.63, 3.8) is 0 Å². The van der Waals surface area contributed by atoms with E-state index in [4.69, 9.17) is 0 Å². The number of hydrogen-bond donors (Lipinski definition) is 1. The number of amides is 1. The predicted molar refractivity (Wildman–Crippen MR) is 114 cm³/mol. The lowest BCUT2D eigenvalue weighted by atomic mass is 10.1. The van der Waals surface area contributed by atoms with Gasteiger partial charge in [-0.2, -0.15) is 0 Å². The van der Waals surface area contributed by atoms with E-state index >= 15 is 0 Å². The van der Waals surface area contributed by atoms with Crippen molar-refractivity contribution in [3.8, 4) is 11.3 Å². The van der Waals surface area contributed by atoms with Crippen molar-refractivity contribution in [2.45, 2.75) is 11.5 Å². The van der Waals surface area contributed by atoms with Crippen LogP contribution in [-0.2, 0) is 0 Å². The van der Waals surface area contributed by atoms with Crippen LogP contribution in [0, 0.1) is 6.92 Å². The third-order valence-electron chi connectivity index (χ3n) is 4.26. The second kappa shape index (κ2) is 8.15. The molecular weight excluding hydrogens is 374 g/mol. The molecule has 0 bridgehead atoms. The summed E-state index contributed by atoms with van der Waals surface area (Å²) in [7, 11) is 0. The monoisotopic (exact) mass is 393 g/mol. The molecule has 1 aromatic heterocycles. The van der Waals surface area contributed by atoms with E-state index in [1.54, 1.807) is 6.20 Å². The average Bonchev–Trinajstić information content (AvgIpc) is 3.23. The standard InChI is InChI=1S/C21H19N3OS2/c1-14-22-10-9-19(23-14)17-3-2-4-18(13-17)24-20(25)15-5-7-16(8-6-15)21-26-11-12-27-21/h2-10,13,21H,11-12H2,1H3,(H,24,25). The highest BCUT2D eigenvalue weighted by Gasteiger charge is 2.18. The van der Waals surface area contributed by atoms with Crippen molar-refractivity contribution >= 4 is 35.1 Å². The highest BCUT2D eigenvalue weighted by Crippen LogP contribution is 2.45. The summed E-state index contributed by atoms with van der Waals surface area (Å²) in [5, 5.41) is 2.98. The van der Waals surface area contributed by atoms with Crippen LogP contribution in [0.1, 0.15) is 26.3 Å². The Bertz CT molecular complexity index is 954. The van der Waals surface area contributed by atoms with Gasteiger partial charge in [-0.15, -0.1) is 23.5 Å². The molecule has 2 aromatic carbocycles. The molecule has 0 unspecified atom stereocenters. The Morgan fingerprint density at radius 3 is 2.59 bits per heavy atom. The number of nitrogens with zero attached hydrogens (tertiary/aromatic N) is 2. The number of hydrogen-bond acceptors (Lipinski definition) is 5. The Labute approximate surface area is 167 Å². The van der Waals surface area contributed by atoms with Crippen LogP contribution >= 0.6 is 23.5 Å². The van der Waals surface area contributed by atoms with Gasteiger partial charge in [-0.3, -0.25) is 4.79 Å². The zero-order chi connectivity index (χ0) is 18.6. The molecular formula is C21H19N3OS2. The maximum Gasteiger partial charge on any atom is 0.255 e. The zero-order valence-corrected chi connectivity index (χ0v) is 16.5. The van der Waals surface area contributed by atoms with Crippen LogP contribution in [-0.4, -0.2) is 27.4 Å². The molecule has 1 amide bonds. The van der Waals surface area contributed by atoms with Gasteiger partial charge in [-0.1, -0.05) is 24.3 Å². The molecule has 0 atom stereocenters. The third kappa shape index (κ3) is 4.34. The Morgan fingerprint density at radius 1 is 1.07 bits per heavy atom. The molecule has 1 fully saturated rings. The van der Waals surface area contributed by atoms with Gasteiger partial charge in [0.25, 0.3) is 5.91 Å². The number of aryl methyl sites for hydroxylation is 1. The zero-order valence-electron chi connectivity index (χ0n) is 14.9. The molecule has 0 spiro atoms. The Balaban J connectivity index is 1.48. The van der Waals surface area contributed by atoms with Crippen LogP contribution in [0.5, 0.6) is 0 Å². The number of anilines is 1. The van der Waals surface area contributed by atoms with E-state index in [0.717, 1.165) is 22.8 Å². The fourth-order valence-corrected chi connectivity index (χ4v) is 5.78. The molecule has 1 N–H and O–H groups in total. The van der Waals surface area contributed by atoms with Gasteiger partial charge in [0, 0.05) is 34.5 Å². The number of thioether (sulfide) groups is 2. The summed E-state index contributed by atoms with van der Waals surface area (Å²) in [5.74, 6) is 3.00. The van der Waals surface area contributed by atoms with Gasteiger partial charge in [0.1, 0.15) is 5.82 Å². The molecule has 2 heterocycles. The molecule has 6 heteroatoms. The number of benzene rings is 2. The van der Waals surface area contributed by atoms with Gasteiger partial charge >= 0.3 is 0 Å². The van der Waals surface area contributed by atoms with Gasteiger partial charge in [0.15, 0.2) is 0 Å². The molecule has 1 aliphatic heterocycles. The van der Waals surface area contributed by atoms with Gasteiger partial charge < -0.3 is 5.32 Å². The largest absolute Gasteiger partial charge is 0.322 e. The normalized spacial score (nSPS) is 14.3. The highest BCUT2D eigenvalue weighted by molar-refractivity contribution is 8.19. The van der Waals surface area contributed by atoms with E-state index in [1.165, 1.54) is 17.1 Å². The van der Waals surface area contributed by atoms with E-state index in [9.17, 15) is 4.79 Å². The molecule has 27 heavy (non-hydrogen) atoms. The van der Waals surface area contributed by atoms with Crippen LogP contribution in [0.3, 0.4) is 0 Å². The second-order valence-corrected chi connectivity index (χ2v) is 8.94. The quantitative estimate of drug-likeness (QED) is 0.662. The van der Waals surface area contributed by atoms with Crippen molar-refractivity contribution in [1.82, 2.24) is 9.97 Å². The SMILES string of the molecule is Cc1nccc(-c2cccc(NC(=O)c3ccc(C4SCCS4)cc3)c2)n1. The first-order valence-corrected chi connectivity index (χ1v) is 10.8. The van der Waals surface area contributed by atoms with Crippen molar-refractivity contribution in [1.29, 1.82) is 0 Å². The van der Waals surface area contributed by atoms with Gasteiger partial charge in [-0.25, -0.2) is 9.97 Å². The summed E-state index contributed by atoms with van der Waals surface area (Å²) >= 11 is 3.93. The maximum atomic E-state index is 12.6. The number of rotatable bonds is 4. The van der Waals surface area contributed by atoms with Gasteiger partial charge in [-0.05, 0) is 42.8 Å². The molecule has 0 radical (unpaired) electrons. The summed E-state index contributed by atoms with van der Waals surface area (Å²) < 4.78 is 0.495. The Morgan fingerprint density at radius 2 is 1.85 bits per heavy atom. The van der Waals surface area contributed by atoms with Crippen LogP contribution in [0.15, 0.2) is 60.8 Å². The minimum absolute atomic E-state index is 0.107. The summed E-state index contributed by atoms with van der Waals surface area (Å²) in [6.45, 7) is 1.86. The smallest absolute Gasteiger partial charge is 0.255 e. The number of aromatic nitrogens is 2. The van der Waals surface area contributed by atoms with E-state index in [2.05, 4.69) is 27.4 Å². The number of carbonyl (C=O) groups excluding carboxylic acids is 1. The molecule has 3 aromatic rings. The number of carbonyl (C=O) groups is 1. The first-order valence-electron chi connectivity index (χ1n) is 8.74. The fraction of sp³-hybridized carbons (Fsp3) is 0.190. The topological polar surface area (TPSA) is 54.9 Å². The Kier molecular flexibility index (Phi) is 5.45. The van der Waals surface area contributed by atoms with E-state index in [1.807, 2.05) is 72.9 Å². The summed E-state index contributed by atoms with van der Waals surface area (Å²) in [6.07, 6.45) is 1.74. The molecule has 1 aliphatic rings. The molecule has 0 saturated carbocycles. The lowest BCUT2D eigenvalue weighted by Gasteiger charge is -2.10. The van der Waals surface area contributed by atoms with Crippen molar-refractivity contribution in [2.24, 2.45) is 0 Å². The molecule has 0 aliphatic carbocycles.